The molecule has 14 nitrogen and oxygen atoms in total. The number of hydrogen-bond donors (Lipinski definition) is 8. The Morgan fingerprint density at radius 2 is 1.40 bits per heavy atom. The highest BCUT2D eigenvalue weighted by Crippen LogP contribution is 2.09. The third-order valence-electron chi connectivity index (χ3n) is 6.48. The molecule has 2 aromatic rings. The highest BCUT2D eigenvalue weighted by molar-refractivity contribution is 5.94. The normalized spacial score (nSPS) is 12.6. The first-order chi connectivity index (χ1) is 21.4. The number of nitrogens with two attached hydrogens (primary N) is 1. The monoisotopic (exact) mass is 625 g/mol. The van der Waals surface area contributed by atoms with Gasteiger partial charge in [-0.2, -0.15) is 0 Å². The van der Waals surface area contributed by atoms with Gasteiger partial charge < -0.3 is 42.2 Å². The lowest BCUT2D eigenvalue weighted by Gasteiger charge is -2.25. The molecule has 0 saturated carbocycles. The number of nitrogens with one attached hydrogen (secondary N) is 6. The van der Waals surface area contributed by atoms with Crippen LogP contribution in [0.5, 0.6) is 0 Å². The van der Waals surface area contributed by atoms with Gasteiger partial charge in [-0.15, -0.1) is 0 Å². The Hall–Kier alpha value is -5.14. The van der Waals surface area contributed by atoms with E-state index in [0.717, 1.165) is 11.1 Å². The molecule has 14 heteroatoms. The topological polar surface area (TPSA) is 225 Å². The maximum absolute atomic E-state index is 13.5. The molecule has 0 spiro atoms. The predicted molar refractivity (Wildman–Crippen MR) is 167 cm³/mol. The zero-order valence-electron chi connectivity index (χ0n) is 25.5. The van der Waals surface area contributed by atoms with Crippen molar-refractivity contribution < 1.29 is 33.8 Å². The summed E-state index contributed by atoms with van der Waals surface area (Å²) < 4.78 is 5.12. The van der Waals surface area contributed by atoms with Crippen LogP contribution in [0.3, 0.4) is 0 Å². The van der Waals surface area contributed by atoms with Crippen LogP contribution in [0.15, 0.2) is 60.7 Å². The van der Waals surface area contributed by atoms with E-state index in [1.165, 1.54) is 0 Å². The van der Waals surface area contributed by atoms with Gasteiger partial charge in [0.1, 0.15) is 31.3 Å². The maximum Gasteiger partial charge on any atom is 0.407 e. The summed E-state index contributed by atoms with van der Waals surface area (Å²) in [6, 6.07) is 14.5. The highest BCUT2D eigenvalue weighted by Gasteiger charge is 2.30. The summed E-state index contributed by atoms with van der Waals surface area (Å²) in [5, 5.41) is 29.5. The van der Waals surface area contributed by atoms with Crippen molar-refractivity contribution in [2.75, 3.05) is 13.1 Å². The van der Waals surface area contributed by atoms with E-state index in [1.54, 1.807) is 54.6 Å². The summed E-state index contributed by atoms with van der Waals surface area (Å²) in [5.74, 6) is -3.53. The van der Waals surface area contributed by atoms with Crippen LogP contribution < -0.4 is 32.3 Å². The van der Waals surface area contributed by atoms with E-state index in [1.807, 2.05) is 19.9 Å². The molecule has 0 bridgehead atoms. The molecule has 0 aliphatic carbocycles. The standard InChI is InChI=1S/C31H43N7O7/c1-20(2)16-24(27(40)37-23(29(42)43)14-9-15-34-30(32)33)38-28(41)25(17-21-10-5-3-6-11-21)36-26(39)18-35-31(44)45-19-22-12-7-4-8-13-22/h3-8,10-13,20,23-25H,9,14-19H2,1-2H3,(H,35,44)(H,36,39)(H,37,40)(H,38,41)(H,42,43)(H4,32,33,34). The Kier molecular flexibility index (Phi) is 15.4. The fraction of sp³-hybridized carbons (Fsp3) is 0.419. The molecular formula is C31H43N7O7. The smallest absolute Gasteiger partial charge is 0.407 e. The van der Waals surface area contributed by atoms with Crippen LogP contribution in [0.2, 0.25) is 0 Å². The molecule has 2 rings (SSSR count). The number of rotatable bonds is 18. The fourth-order valence-electron chi connectivity index (χ4n) is 4.27. The second kappa shape index (κ2) is 19.2. The number of amides is 4. The van der Waals surface area contributed by atoms with Gasteiger partial charge in [0.25, 0.3) is 0 Å². The van der Waals surface area contributed by atoms with Gasteiger partial charge in [-0.3, -0.25) is 19.8 Å². The predicted octanol–water partition coefficient (Wildman–Crippen LogP) is 1.00. The number of alkyl carbamates (subject to hydrolysis) is 1. The quantitative estimate of drug-likeness (QED) is 0.0671. The van der Waals surface area contributed by atoms with Crippen molar-refractivity contribution in [3.05, 3.63) is 71.8 Å². The molecule has 0 aliphatic heterocycles. The Balaban J connectivity index is 2.06. The third kappa shape index (κ3) is 14.7. The average molecular weight is 626 g/mol. The van der Waals surface area contributed by atoms with Gasteiger partial charge in [0.05, 0.1) is 0 Å². The number of hydrogen-bond acceptors (Lipinski definition) is 7. The van der Waals surface area contributed by atoms with Crippen molar-refractivity contribution in [3.8, 4) is 0 Å². The van der Waals surface area contributed by atoms with Gasteiger partial charge in [0, 0.05) is 13.0 Å². The van der Waals surface area contributed by atoms with Crippen LogP contribution in [0.4, 0.5) is 4.79 Å². The minimum Gasteiger partial charge on any atom is -0.480 e. The molecule has 0 aliphatic rings. The zero-order chi connectivity index (χ0) is 33.2. The zero-order valence-corrected chi connectivity index (χ0v) is 25.5. The summed E-state index contributed by atoms with van der Waals surface area (Å²) in [4.78, 5) is 63.4. The lowest BCUT2D eigenvalue weighted by Crippen LogP contribution is -2.57. The van der Waals surface area contributed by atoms with Crippen molar-refractivity contribution in [2.45, 2.75) is 64.3 Å². The molecule has 0 saturated heterocycles. The van der Waals surface area contributed by atoms with Crippen LogP contribution in [-0.4, -0.2) is 72.1 Å². The number of carbonyl (C=O) groups is 5. The molecule has 4 amide bonds. The van der Waals surface area contributed by atoms with E-state index in [9.17, 15) is 29.1 Å². The van der Waals surface area contributed by atoms with E-state index in [4.69, 9.17) is 15.9 Å². The van der Waals surface area contributed by atoms with E-state index in [2.05, 4.69) is 26.6 Å². The first-order valence-corrected chi connectivity index (χ1v) is 14.6. The van der Waals surface area contributed by atoms with Crippen LogP contribution >= 0.6 is 0 Å². The van der Waals surface area contributed by atoms with E-state index in [0.29, 0.717) is 6.42 Å². The van der Waals surface area contributed by atoms with Gasteiger partial charge >= 0.3 is 12.1 Å². The van der Waals surface area contributed by atoms with Gasteiger partial charge in [-0.1, -0.05) is 74.5 Å². The largest absolute Gasteiger partial charge is 0.480 e. The Labute approximate surface area is 262 Å². The number of ether oxygens (including phenoxy) is 1. The minimum absolute atomic E-state index is 0.0185. The first-order valence-electron chi connectivity index (χ1n) is 14.6. The third-order valence-corrected chi connectivity index (χ3v) is 6.48. The molecule has 0 fully saturated rings. The average Bonchev–Trinajstić information content (AvgIpc) is 3.00. The summed E-state index contributed by atoms with van der Waals surface area (Å²) in [5.41, 5.74) is 6.76. The van der Waals surface area contributed by atoms with Crippen molar-refractivity contribution in [1.82, 2.24) is 26.6 Å². The number of carbonyl (C=O) groups excluding carboxylic acids is 4. The lowest BCUT2D eigenvalue weighted by molar-refractivity contribution is -0.142. The van der Waals surface area contributed by atoms with Crippen LogP contribution in [-0.2, 0) is 36.9 Å². The molecular weight excluding hydrogens is 582 g/mol. The summed E-state index contributed by atoms with van der Waals surface area (Å²) in [7, 11) is 0. The molecule has 0 aromatic heterocycles. The van der Waals surface area contributed by atoms with Gasteiger partial charge in [0.2, 0.25) is 17.7 Å². The first kappa shape index (κ1) is 36.1. The SMILES string of the molecule is CC(C)CC(NC(=O)C(Cc1ccccc1)NC(=O)CNC(=O)OCc1ccccc1)C(=O)NC(CCCNC(=N)N)C(=O)O. The Morgan fingerprint density at radius 1 is 0.822 bits per heavy atom. The van der Waals surface area contributed by atoms with E-state index >= 15 is 0 Å². The van der Waals surface area contributed by atoms with E-state index in [-0.39, 0.29) is 44.3 Å². The second-order valence-corrected chi connectivity index (χ2v) is 10.8. The van der Waals surface area contributed by atoms with Crippen molar-refractivity contribution in [3.63, 3.8) is 0 Å². The van der Waals surface area contributed by atoms with E-state index < -0.39 is 54.5 Å². The molecule has 9 N–H and O–H groups in total. The van der Waals surface area contributed by atoms with Crippen molar-refractivity contribution >= 4 is 35.7 Å². The van der Waals surface area contributed by atoms with Gasteiger partial charge in [-0.25, -0.2) is 9.59 Å². The number of carboxylic acids is 1. The maximum atomic E-state index is 13.5. The molecule has 0 heterocycles. The lowest BCUT2D eigenvalue weighted by atomic mass is 10.0. The summed E-state index contributed by atoms with van der Waals surface area (Å²) >= 11 is 0. The van der Waals surface area contributed by atoms with Gasteiger partial charge in [0.15, 0.2) is 5.96 Å². The number of guanidine groups is 1. The van der Waals surface area contributed by atoms with Crippen molar-refractivity contribution in [1.29, 1.82) is 5.41 Å². The molecule has 3 unspecified atom stereocenters. The fourth-order valence-corrected chi connectivity index (χ4v) is 4.27. The molecule has 45 heavy (non-hydrogen) atoms. The molecule has 0 radical (unpaired) electrons. The number of carboxylic acid groups (broad SMARTS) is 1. The Morgan fingerprint density at radius 3 is 1.98 bits per heavy atom. The molecule has 3 atom stereocenters. The minimum atomic E-state index is -1.25. The number of aliphatic carboxylic acids is 1. The molecule has 244 valence electrons. The van der Waals surface area contributed by atoms with Crippen molar-refractivity contribution in [2.24, 2.45) is 11.7 Å². The van der Waals surface area contributed by atoms with Gasteiger partial charge in [-0.05, 0) is 36.3 Å². The Bertz CT molecular complexity index is 1280. The number of benzene rings is 2. The molecule has 2 aromatic carbocycles. The summed E-state index contributed by atoms with van der Waals surface area (Å²) in [6.07, 6.45) is -0.129. The van der Waals surface area contributed by atoms with Crippen LogP contribution in [0.25, 0.3) is 0 Å². The second-order valence-electron chi connectivity index (χ2n) is 10.8. The summed E-state index contributed by atoms with van der Waals surface area (Å²) in [6.45, 7) is 3.51. The van der Waals surface area contributed by atoms with Crippen LogP contribution in [0, 0.1) is 11.3 Å². The highest BCUT2D eigenvalue weighted by atomic mass is 16.5. The van der Waals surface area contributed by atoms with Crippen LogP contribution in [0.1, 0.15) is 44.2 Å².